The first kappa shape index (κ1) is 34.0. The summed E-state index contributed by atoms with van der Waals surface area (Å²) in [6.07, 6.45) is 5.69. The number of methoxy groups -OCH3 is 2. The van der Waals surface area contributed by atoms with Gasteiger partial charge >= 0.3 is 0 Å². The van der Waals surface area contributed by atoms with Crippen LogP contribution in [0.1, 0.15) is 37.6 Å². The summed E-state index contributed by atoms with van der Waals surface area (Å²) in [5.41, 5.74) is 5.23. The van der Waals surface area contributed by atoms with Crippen molar-refractivity contribution in [2.45, 2.75) is 45.3 Å². The molecule has 0 bridgehead atoms. The number of carbonyl (C=O) groups excluding carboxylic acids is 1. The smallest absolute Gasteiger partial charge is 0.237 e. The van der Waals surface area contributed by atoms with Gasteiger partial charge in [-0.2, -0.15) is 0 Å². The summed E-state index contributed by atoms with van der Waals surface area (Å²) in [6, 6.07) is 11.5. The van der Waals surface area contributed by atoms with E-state index in [1.54, 1.807) is 26.6 Å². The van der Waals surface area contributed by atoms with E-state index in [-0.39, 0.29) is 24.0 Å². The number of hydrogen-bond acceptors (Lipinski definition) is 10. The fraction of sp³-hybridized carbons (Fsp3) is 0.400. The molecule has 252 valence electrons. The van der Waals surface area contributed by atoms with Crippen molar-refractivity contribution in [3.8, 4) is 45.4 Å². The van der Waals surface area contributed by atoms with E-state index in [0.717, 1.165) is 42.8 Å². The number of halogens is 2. The monoisotopic (exact) mass is 691 g/mol. The highest BCUT2D eigenvalue weighted by Crippen LogP contribution is 2.42. The summed E-state index contributed by atoms with van der Waals surface area (Å²) >= 11 is 14.1. The number of hydrogen-bond donors (Lipinski definition) is 3. The number of nitrogens with zero attached hydrogens (tertiary/aromatic N) is 5. The Balaban J connectivity index is 1.23. The molecule has 1 amide bonds. The molecule has 0 spiro atoms. The molecular formula is C35H39Cl2N7O4. The maximum Gasteiger partial charge on any atom is 0.237 e. The normalized spacial score (nSPS) is 19.5. The third kappa shape index (κ3) is 7.25. The predicted octanol–water partition coefficient (Wildman–Crippen LogP) is 5.16. The fourth-order valence-corrected chi connectivity index (χ4v) is 6.93. The summed E-state index contributed by atoms with van der Waals surface area (Å²) in [4.78, 5) is 32.6. The summed E-state index contributed by atoms with van der Waals surface area (Å²) in [5, 5.41) is 17.0. The molecule has 2 fully saturated rings. The number of nitrogens with one attached hydrogen (secondary N) is 2. The van der Waals surface area contributed by atoms with Crippen molar-refractivity contribution < 1.29 is 19.4 Å². The highest BCUT2D eigenvalue weighted by Gasteiger charge is 2.33. The third-order valence-electron chi connectivity index (χ3n) is 9.01. The van der Waals surface area contributed by atoms with Crippen LogP contribution in [0.3, 0.4) is 0 Å². The minimum Gasteiger partial charge on any atom is -0.480 e. The van der Waals surface area contributed by atoms with E-state index in [9.17, 15) is 9.90 Å². The molecule has 6 rings (SSSR count). The van der Waals surface area contributed by atoms with Gasteiger partial charge in [0.1, 0.15) is 11.4 Å². The van der Waals surface area contributed by atoms with Gasteiger partial charge in [0.25, 0.3) is 0 Å². The van der Waals surface area contributed by atoms with Crippen LogP contribution in [-0.2, 0) is 17.9 Å². The second kappa shape index (κ2) is 14.7. The van der Waals surface area contributed by atoms with Gasteiger partial charge in [-0.15, -0.1) is 0 Å². The van der Waals surface area contributed by atoms with Gasteiger partial charge in [0.2, 0.25) is 17.7 Å². The van der Waals surface area contributed by atoms with Crippen LogP contribution in [-0.4, -0.2) is 82.4 Å². The number of amides is 1. The van der Waals surface area contributed by atoms with Gasteiger partial charge in [0.15, 0.2) is 0 Å². The minimum absolute atomic E-state index is 0.0831. The Labute approximate surface area is 290 Å². The standard InChI is InChI=1S/C35H39Cl2N7O4/c1-35(20-45)12-13-44(19-35)18-29-34(48-3)43-27(17-40-29)25-9-5-7-23(32(25)37)22-6-4-8-24(31(22)36)26-16-39-28(33(42-26)47-2)15-38-14-21-10-11-30(46)41-21/h4-9,16-17,21,38,45H,10-15,18-20H2,1-3H3,(H,41,46). The number of aromatic nitrogens is 4. The summed E-state index contributed by atoms with van der Waals surface area (Å²) < 4.78 is 11.2. The summed E-state index contributed by atoms with van der Waals surface area (Å²) in [5.74, 6) is 0.905. The van der Waals surface area contributed by atoms with Crippen LogP contribution in [0, 0.1) is 5.41 Å². The van der Waals surface area contributed by atoms with Gasteiger partial charge in [0, 0.05) is 72.9 Å². The first-order valence-electron chi connectivity index (χ1n) is 15.9. The molecule has 4 aromatic rings. The van der Waals surface area contributed by atoms with Crippen molar-refractivity contribution in [1.82, 2.24) is 35.5 Å². The SMILES string of the molecule is COc1nc(-c2cccc(-c3cccc(-c4cnc(CN5CCC(C)(CO)C5)c(OC)n4)c3Cl)c2Cl)cnc1CNCC1CCC(=O)N1. The van der Waals surface area contributed by atoms with Gasteiger partial charge in [-0.25, -0.2) is 9.97 Å². The highest BCUT2D eigenvalue weighted by atomic mass is 35.5. The molecule has 48 heavy (non-hydrogen) atoms. The lowest BCUT2D eigenvalue weighted by Gasteiger charge is -2.22. The molecule has 0 saturated carbocycles. The predicted molar refractivity (Wildman–Crippen MR) is 185 cm³/mol. The number of aliphatic hydroxyl groups is 1. The largest absolute Gasteiger partial charge is 0.480 e. The van der Waals surface area contributed by atoms with E-state index in [0.29, 0.717) is 76.1 Å². The average Bonchev–Trinajstić information content (AvgIpc) is 3.70. The van der Waals surface area contributed by atoms with E-state index in [4.69, 9.17) is 47.6 Å². The van der Waals surface area contributed by atoms with Crippen LogP contribution in [0.2, 0.25) is 10.0 Å². The highest BCUT2D eigenvalue weighted by molar-refractivity contribution is 6.39. The van der Waals surface area contributed by atoms with Gasteiger partial charge < -0.3 is 25.2 Å². The third-order valence-corrected chi connectivity index (χ3v) is 9.82. The number of benzene rings is 2. The van der Waals surface area contributed by atoms with Crippen molar-refractivity contribution in [2.24, 2.45) is 5.41 Å². The lowest BCUT2D eigenvalue weighted by molar-refractivity contribution is -0.119. The molecule has 0 radical (unpaired) electrons. The maximum absolute atomic E-state index is 11.5. The lowest BCUT2D eigenvalue weighted by atomic mass is 9.91. The molecule has 2 unspecified atom stereocenters. The molecule has 4 heterocycles. The minimum atomic E-state index is -0.108. The van der Waals surface area contributed by atoms with Crippen molar-refractivity contribution >= 4 is 29.1 Å². The molecule has 2 aromatic carbocycles. The number of likely N-dealkylation sites (tertiary alicyclic amines) is 1. The zero-order valence-electron chi connectivity index (χ0n) is 27.2. The second-order valence-corrected chi connectivity index (χ2v) is 13.4. The van der Waals surface area contributed by atoms with Crippen molar-refractivity contribution in [1.29, 1.82) is 0 Å². The van der Waals surface area contributed by atoms with Crippen LogP contribution in [0.15, 0.2) is 48.8 Å². The Hall–Kier alpha value is -3.87. The molecule has 13 heteroatoms. The number of rotatable bonds is 12. The van der Waals surface area contributed by atoms with E-state index < -0.39 is 0 Å². The van der Waals surface area contributed by atoms with Crippen LogP contribution in [0.25, 0.3) is 33.6 Å². The Kier molecular flexibility index (Phi) is 10.4. The second-order valence-electron chi connectivity index (χ2n) is 12.6. The first-order chi connectivity index (χ1) is 23.2. The molecule has 2 saturated heterocycles. The Morgan fingerprint density at radius 1 is 0.958 bits per heavy atom. The first-order valence-corrected chi connectivity index (χ1v) is 16.7. The molecule has 2 aliphatic rings. The summed E-state index contributed by atoms with van der Waals surface area (Å²) in [6.45, 7) is 5.56. The van der Waals surface area contributed by atoms with E-state index in [1.165, 1.54) is 0 Å². The van der Waals surface area contributed by atoms with Crippen LogP contribution in [0.4, 0.5) is 0 Å². The molecule has 0 aliphatic carbocycles. The van der Waals surface area contributed by atoms with E-state index in [2.05, 4.69) is 27.4 Å². The maximum atomic E-state index is 11.5. The molecule has 3 N–H and O–H groups in total. The van der Waals surface area contributed by atoms with Crippen LogP contribution < -0.4 is 20.1 Å². The Morgan fingerprint density at radius 2 is 1.54 bits per heavy atom. The number of aliphatic hydroxyl groups excluding tert-OH is 1. The van der Waals surface area contributed by atoms with Gasteiger partial charge in [-0.1, -0.05) is 66.5 Å². The van der Waals surface area contributed by atoms with Gasteiger partial charge in [-0.3, -0.25) is 19.7 Å². The lowest BCUT2D eigenvalue weighted by Crippen LogP contribution is -2.35. The van der Waals surface area contributed by atoms with Crippen molar-refractivity contribution in [2.75, 3.05) is 40.5 Å². The van der Waals surface area contributed by atoms with Crippen molar-refractivity contribution in [3.05, 3.63) is 70.2 Å². The van der Waals surface area contributed by atoms with Gasteiger partial charge in [0.05, 0.1) is 48.0 Å². The quantitative estimate of drug-likeness (QED) is 0.183. The average molecular weight is 693 g/mol. The zero-order valence-corrected chi connectivity index (χ0v) is 28.7. The molecule has 2 aromatic heterocycles. The fourth-order valence-electron chi connectivity index (χ4n) is 6.28. The molecule has 2 atom stereocenters. The number of ether oxygens (including phenoxy) is 2. The van der Waals surface area contributed by atoms with E-state index >= 15 is 0 Å². The molecule has 2 aliphatic heterocycles. The van der Waals surface area contributed by atoms with E-state index in [1.807, 2.05) is 36.4 Å². The zero-order chi connectivity index (χ0) is 33.8. The van der Waals surface area contributed by atoms with Crippen LogP contribution >= 0.6 is 23.2 Å². The van der Waals surface area contributed by atoms with Gasteiger partial charge in [-0.05, 0) is 19.4 Å². The molecule has 11 nitrogen and oxygen atoms in total. The Bertz CT molecular complexity index is 1810. The van der Waals surface area contributed by atoms with Crippen LogP contribution in [0.5, 0.6) is 11.8 Å². The van der Waals surface area contributed by atoms with Crippen molar-refractivity contribution in [3.63, 3.8) is 0 Å². The molecular weight excluding hydrogens is 653 g/mol. The topological polar surface area (TPSA) is 135 Å². The summed E-state index contributed by atoms with van der Waals surface area (Å²) in [7, 11) is 3.14. The Morgan fingerprint density at radius 3 is 2.08 bits per heavy atom. The number of carbonyl (C=O) groups is 1.